The predicted octanol–water partition coefficient (Wildman–Crippen LogP) is 13.4. The maximum absolute atomic E-state index is 13.1. The predicted molar refractivity (Wildman–Crippen MR) is 276 cm³/mol. The van der Waals surface area contributed by atoms with Crippen molar-refractivity contribution < 1.29 is 58.2 Å². The Kier molecular flexibility index (Phi) is 42.3. The molecular formula is C57H98O12. The summed E-state index contributed by atoms with van der Waals surface area (Å²) in [5.41, 5.74) is 0. The Morgan fingerprint density at radius 1 is 0.493 bits per heavy atom. The lowest BCUT2D eigenvalue weighted by molar-refractivity contribution is -0.301. The molecule has 1 rings (SSSR count). The Hall–Kier alpha value is -3.32. The van der Waals surface area contributed by atoms with Crippen LogP contribution in [-0.4, -0.2) is 89.2 Å². The zero-order valence-electron chi connectivity index (χ0n) is 43.6. The second-order valence-electron chi connectivity index (χ2n) is 18.8. The maximum atomic E-state index is 13.1. The van der Waals surface area contributed by atoms with E-state index >= 15 is 0 Å². The number of carbonyl (C=O) groups excluding carboxylic acids is 3. The Morgan fingerprint density at radius 3 is 1.45 bits per heavy atom. The molecule has 6 unspecified atom stereocenters. The summed E-state index contributed by atoms with van der Waals surface area (Å²) in [6.07, 6.45) is 40.9. The van der Waals surface area contributed by atoms with Gasteiger partial charge in [0.15, 0.2) is 24.6 Å². The monoisotopic (exact) mass is 975 g/mol. The molecule has 12 nitrogen and oxygen atoms in total. The fourth-order valence-electron chi connectivity index (χ4n) is 8.13. The zero-order chi connectivity index (χ0) is 50.4. The lowest BCUT2D eigenvalue weighted by atomic mass is 9.98. The molecular weight excluding hydrogens is 877 g/mol. The van der Waals surface area contributed by atoms with E-state index in [2.05, 4.69) is 69.4 Å². The highest BCUT2D eigenvalue weighted by atomic mass is 16.7. The van der Waals surface area contributed by atoms with Crippen molar-refractivity contribution in [3.05, 3.63) is 48.6 Å². The molecule has 0 aromatic rings. The van der Waals surface area contributed by atoms with Crippen molar-refractivity contribution in [1.82, 2.24) is 0 Å². The van der Waals surface area contributed by atoms with E-state index in [1.165, 1.54) is 70.6 Å². The van der Waals surface area contributed by atoms with Crippen LogP contribution in [0.15, 0.2) is 48.6 Å². The van der Waals surface area contributed by atoms with Crippen LogP contribution in [0, 0.1) is 0 Å². The molecule has 1 aliphatic heterocycles. The van der Waals surface area contributed by atoms with Crippen molar-refractivity contribution in [1.29, 1.82) is 0 Å². The minimum Gasteiger partial charge on any atom is -0.479 e. The van der Waals surface area contributed by atoms with Gasteiger partial charge in [-0.25, -0.2) is 4.79 Å². The van der Waals surface area contributed by atoms with Gasteiger partial charge in [0.1, 0.15) is 18.8 Å². The van der Waals surface area contributed by atoms with E-state index in [1.54, 1.807) is 0 Å². The van der Waals surface area contributed by atoms with E-state index in [1.807, 2.05) is 0 Å². The van der Waals surface area contributed by atoms with Crippen LogP contribution in [-0.2, 0) is 42.9 Å². The van der Waals surface area contributed by atoms with Gasteiger partial charge < -0.3 is 39.0 Å². The molecule has 0 aromatic heterocycles. The van der Waals surface area contributed by atoms with Gasteiger partial charge in [-0.15, -0.1) is 0 Å². The number of aliphatic carboxylic acids is 1. The van der Waals surface area contributed by atoms with Gasteiger partial charge in [0, 0.05) is 19.3 Å². The first kappa shape index (κ1) is 63.7. The summed E-state index contributed by atoms with van der Waals surface area (Å²) in [5, 5.41) is 31.3. The van der Waals surface area contributed by atoms with Crippen molar-refractivity contribution in [3.8, 4) is 0 Å². The summed E-state index contributed by atoms with van der Waals surface area (Å²) in [5.74, 6) is -3.14. The van der Waals surface area contributed by atoms with Crippen molar-refractivity contribution in [3.63, 3.8) is 0 Å². The minimum absolute atomic E-state index is 0.0495. The fraction of sp³-hybridized carbons (Fsp3) is 0.789. The van der Waals surface area contributed by atoms with Gasteiger partial charge in [0.2, 0.25) is 0 Å². The first-order valence-electron chi connectivity index (χ1n) is 27.6. The number of ether oxygens (including phenoxy) is 5. The molecule has 0 saturated carbocycles. The molecule has 0 radical (unpaired) electrons. The number of rotatable bonds is 46. The van der Waals surface area contributed by atoms with Crippen LogP contribution in [0.4, 0.5) is 0 Å². The summed E-state index contributed by atoms with van der Waals surface area (Å²) >= 11 is 0. The third-order valence-electron chi connectivity index (χ3n) is 12.4. The second kappa shape index (κ2) is 45.8. The highest BCUT2D eigenvalue weighted by Gasteiger charge is 2.50. The summed E-state index contributed by atoms with van der Waals surface area (Å²) in [6, 6.07) is 0. The van der Waals surface area contributed by atoms with Crippen molar-refractivity contribution in [2.75, 3.05) is 13.2 Å². The number of aliphatic hydroxyl groups excluding tert-OH is 2. The number of hydrogen-bond donors (Lipinski definition) is 3. The van der Waals surface area contributed by atoms with Crippen LogP contribution in [0.3, 0.4) is 0 Å². The number of aliphatic hydroxyl groups is 2. The molecule has 398 valence electrons. The van der Waals surface area contributed by atoms with Gasteiger partial charge in [-0.2, -0.15) is 0 Å². The third kappa shape index (κ3) is 36.3. The van der Waals surface area contributed by atoms with E-state index in [-0.39, 0.29) is 25.9 Å². The van der Waals surface area contributed by atoms with Crippen LogP contribution in [0.1, 0.15) is 239 Å². The standard InChI is InChI=1S/C57H98O12/c1-4-7-10-13-16-19-22-24-25-27-29-31-34-37-40-43-49(58)65-46-48(67-50(59)44-41-38-35-33-30-26-23-20-17-14-11-8-5-2)47-66-57-55(53(62)52(61)54(69-57)56(63)64)68-51(60)45-42-39-36-32-28-21-18-15-12-9-6-3/h7,10,15-16,18-19,24-25,48,52-55,57,61-62H,4-6,8-9,11-14,17,20-23,26-47H2,1-3H3,(H,63,64)/b10-7-,18-15-,19-16-,25-24-. The largest absolute Gasteiger partial charge is 0.479 e. The van der Waals surface area contributed by atoms with Crippen molar-refractivity contribution in [2.45, 2.75) is 276 Å². The number of unbranched alkanes of at least 4 members (excludes halogenated alkanes) is 24. The average Bonchev–Trinajstić information content (AvgIpc) is 3.33. The normalized spacial score (nSPS) is 19.0. The number of carboxylic acids is 1. The second-order valence-corrected chi connectivity index (χ2v) is 18.8. The lowest BCUT2D eigenvalue weighted by Gasteiger charge is -2.40. The SMILES string of the molecule is CC/C=C\C/C=C\C/C=C\CCCCCCCC(=O)OCC(COC1OC(C(=O)O)C(O)C(O)C1OC(=O)CCCCCCC/C=C\CCCC)OC(=O)CCCCCCCCCCCCCCC. The van der Waals surface area contributed by atoms with Gasteiger partial charge in [-0.1, -0.05) is 198 Å². The Labute approximate surface area is 418 Å². The summed E-state index contributed by atoms with van der Waals surface area (Å²) in [6.45, 7) is 5.81. The van der Waals surface area contributed by atoms with E-state index in [0.29, 0.717) is 19.3 Å². The quantitative estimate of drug-likeness (QED) is 0.0228. The maximum Gasteiger partial charge on any atom is 0.335 e. The van der Waals surface area contributed by atoms with Gasteiger partial charge in [-0.05, 0) is 70.6 Å². The third-order valence-corrected chi connectivity index (χ3v) is 12.4. The van der Waals surface area contributed by atoms with Crippen molar-refractivity contribution >= 4 is 23.9 Å². The molecule has 1 heterocycles. The summed E-state index contributed by atoms with van der Waals surface area (Å²) < 4.78 is 28.3. The topological polar surface area (TPSA) is 175 Å². The van der Waals surface area contributed by atoms with E-state index in [4.69, 9.17) is 23.7 Å². The van der Waals surface area contributed by atoms with Crippen LogP contribution in [0.25, 0.3) is 0 Å². The van der Waals surface area contributed by atoms with Gasteiger partial charge >= 0.3 is 23.9 Å². The molecule has 69 heavy (non-hydrogen) atoms. The number of hydrogen-bond acceptors (Lipinski definition) is 11. The lowest BCUT2D eigenvalue weighted by Crippen LogP contribution is -2.61. The molecule has 0 spiro atoms. The molecule has 0 aromatic carbocycles. The first-order chi connectivity index (χ1) is 33.6. The molecule has 0 bridgehead atoms. The minimum atomic E-state index is -1.90. The summed E-state index contributed by atoms with van der Waals surface area (Å²) in [7, 11) is 0. The van der Waals surface area contributed by atoms with Crippen molar-refractivity contribution in [2.24, 2.45) is 0 Å². The zero-order valence-corrected chi connectivity index (χ0v) is 43.6. The number of allylic oxidation sites excluding steroid dienone is 8. The molecule has 1 aliphatic rings. The Balaban J connectivity index is 2.72. The number of carboxylic acid groups (broad SMARTS) is 1. The Morgan fingerprint density at radius 2 is 0.928 bits per heavy atom. The van der Waals surface area contributed by atoms with Crippen LogP contribution < -0.4 is 0 Å². The van der Waals surface area contributed by atoms with Gasteiger partial charge in [0.05, 0.1) is 6.61 Å². The first-order valence-corrected chi connectivity index (χ1v) is 27.6. The highest BCUT2D eigenvalue weighted by molar-refractivity contribution is 5.74. The molecule has 0 aliphatic carbocycles. The van der Waals surface area contributed by atoms with Gasteiger partial charge in [-0.3, -0.25) is 14.4 Å². The molecule has 12 heteroatoms. The molecule has 1 saturated heterocycles. The van der Waals surface area contributed by atoms with E-state index in [9.17, 15) is 34.5 Å². The van der Waals surface area contributed by atoms with Crippen LogP contribution in [0.5, 0.6) is 0 Å². The molecule has 3 N–H and O–H groups in total. The van der Waals surface area contributed by atoms with Crippen LogP contribution >= 0.6 is 0 Å². The van der Waals surface area contributed by atoms with Crippen LogP contribution in [0.2, 0.25) is 0 Å². The van der Waals surface area contributed by atoms with Gasteiger partial charge in [0.25, 0.3) is 0 Å². The smallest absolute Gasteiger partial charge is 0.335 e. The highest BCUT2D eigenvalue weighted by Crippen LogP contribution is 2.26. The molecule has 6 atom stereocenters. The summed E-state index contributed by atoms with van der Waals surface area (Å²) in [4.78, 5) is 50.9. The Bertz CT molecular complexity index is 1390. The molecule has 0 amide bonds. The fourth-order valence-corrected chi connectivity index (χ4v) is 8.13. The molecule has 1 fully saturated rings. The van der Waals surface area contributed by atoms with E-state index < -0.39 is 67.3 Å². The number of carbonyl (C=O) groups is 4. The number of esters is 3. The average molecular weight is 975 g/mol. The van der Waals surface area contributed by atoms with E-state index in [0.717, 1.165) is 109 Å².